The Hall–Kier alpha value is -2.25. The molecule has 1 fully saturated rings. The zero-order chi connectivity index (χ0) is 16.9. The van der Waals surface area contributed by atoms with Gasteiger partial charge in [-0.05, 0) is 54.4 Å². The van der Waals surface area contributed by atoms with E-state index >= 15 is 0 Å². The maximum absolute atomic E-state index is 12.4. The Morgan fingerprint density at radius 2 is 2.12 bits per heavy atom. The second-order valence-corrected chi connectivity index (χ2v) is 6.61. The zero-order valence-electron chi connectivity index (χ0n) is 13.2. The van der Waals surface area contributed by atoms with Gasteiger partial charge in [-0.1, -0.05) is 6.07 Å². The molecule has 1 aliphatic rings. The van der Waals surface area contributed by atoms with Crippen LogP contribution in [-0.4, -0.2) is 35.4 Å². The summed E-state index contributed by atoms with van der Waals surface area (Å²) in [5.74, 6) is -0.280. The number of benzene rings is 1. The average Bonchev–Trinajstić information content (AvgIpc) is 3.29. The summed E-state index contributed by atoms with van der Waals surface area (Å²) in [6.07, 6.45) is 2.36. The van der Waals surface area contributed by atoms with Crippen molar-refractivity contribution in [3.8, 4) is 0 Å². The standard InChI is InChI=1S/C17H19N3O3S/c21-17(13-4-3-5-15(10-13)20(22)23)18-11-16(14-6-9-24-12-14)19-7-1-2-8-19/h3-6,9-10,12,16H,1-2,7-8,11H2,(H,18,21). The molecule has 1 aliphatic heterocycles. The van der Waals surface area contributed by atoms with Gasteiger partial charge in [0.25, 0.3) is 11.6 Å². The number of likely N-dealkylation sites (tertiary alicyclic amines) is 1. The number of thiophene rings is 1. The van der Waals surface area contributed by atoms with Crippen LogP contribution in [0.4, 0.5) is 5.69 Å². The highest BCUT2D eigenvalue weighted by molar-refractivity contribution is 7.07. The zero-order valence-corrected chi connectivity index (χ0v) is 14.0. The lowest BCUT2D eigenvalue weighted by molar-refractivity contribution is -0.384. The number of nitro groups is 1. The molecule has 7 heteroatoms. The molecule has 24 heavy (non-hydrogen) atoms. The molecule has 126 valence electrons. The summed E-state index contributed by atoms with van der Waals surface area (Å²) in [7, 11) is 0. The number of non-ortho nitro benzene ring substituents is 1. The number of rotatable bonds is 6. The molecule has 1 amide bonds. The van der Waals surface area contributed by atoms with Gasteiger partial charge in [-0.15, -0.1) is 0 Å². The summed E-state index contributed by atoms with van der Waals surface area (Å²) in [6.45, 7) is 2.57. The third kappa shape index (κ3) is 3.80. The number of nitrogens with one attached hydrogen (secondary N) is 1. The first kappa shape index (κ1) is 16.6. The summed E-state index contributed by atoms with van der Waals surface area (Å²) in [5, 5.41) is 17.9. The molecular weight excluding hydrogens is 326 g/mol. The number of nitrogens with zero attached hydrogens (tertiary/aromatic N) is 2. The second-order valence-electron chi connectivity index (χ2n) is 5.83. The van der Waals surface area contributed by atoms with Gasteiger partial charge in [-0.25, -0.2) is 0 Å². The monoisotopic (exact) mass is 345 g/mol. The van der Waals surface area contributed by atoms with Crippen LogP contribution in [0.15, 0.2) is 41.1 Å². The van der Waals surface area contributed by atoms with Crippen LogP contribution in [0.1, 0.15) is 34.8 Å². The van der Waals surface area contributed by atoms with Crippen molar-refractivity contribution in [1.29, 1.82) is 0 Å². The molecule has 0 aliphatic carbocycles. The molecule has 6 nitrogen and oxygen atoms in total. The van der Waals surface area contributed by atoms with E-state index in [-0.39, 0.29) is 17.6 Å². The fraction of sp³-hybridized carbons (Fsp3) is 0.353. The molecule has 1 N–H and O–H groups in total. The van der Waals surface area contributed by atoms with Crippen molar-refractivity contribution in [3.05, 3.63) is 62.3 Å². The van der Waals surface area contributed by atoms with E-state index in [1.807, 2.05) is 5.38 Å². The molecular formula is C17H19N3O3S. The van der Waals surface area contributed by atoms with Crippen molar-refractivity contribution in [2.45, 2.75) is 18.9 Å². The minimum absolute atomic E-state index is 0.0726. The van der Waals surface area contributed by atoms with Gasteiger partial charge in [0.15, 0.2) is 0 Å². The largest absolute Gasteiger partial charge is 0.350 e. The molecule has 1 aromatic heterocycles. The number of hydrogen-bond donors (Lipinski definition) is 1. The lowest BCUT2D eigenvalue weighted by Crippen LogP contribution is -2.36. The maximum Gasteiger partial charge on any atom is 0.270 e. The van der Waals surface area contributed by atoms with E-state index < -0.39 is 4.92 Å². The van der Waals surface area contributed by atoms with Gasteiger partial charge in [0.2, 0.25) is 0 Å². The van der Waals surface area contributed by atoms with E-state index in [4.69, 9.17) is 0 Å². The van der Waals surface area contributed by atoms with Gasteiger partial charge < -0.3 is 5.32 Å². The van der Waals surface area contributed by atoms with Crippen LogP contribution in [0.3, 0.4) is 0 Å². The van der Waals surface area contributed by atoms with Crippen LogP contribution in [-0.2, 0) is 0 Å². The summed E-state index contributed by atoms with van der Waals surface area (Å²) in [4.78, 5) is 25.1. The number of carbonyl (C=O) groups excluding carboxylic acids is 1. The minimum atomic E-state index is -0.491. The smallest absolute Gasteiger partial charge is 0.270 e. The fourth-order valence-corrected chi connectivity index (χ4v) is 3.73. The topological polar surface area (TPSA) is 75.5 Å². The van der Waals surface area contributed by atoms with E-state index in [2.05, 4.69) is 21.7 Å². The Labute approximate surface area is 144 Å². The van der Waals surface area contributed by atoms with Crippen LogP contribution < -0.4 is 5.32 Å². The van der Waals surface area contributed by atoms with Crippen molar-refractivity contribution < 1.29 is 9.72 Å². The number of carbonyl (C=O) groups is 1. The molecule has 0 saturated carbocycles. The molecule has 0 bridgehead atoms. The Morgan fingerprint density at radius 3 is 2.79 bits per heavy atom. The Bertz CT molecular complexity index is 712. The SMILES string of the molecule is O=C(NCC(c1ccsc1)N1CCCC1)c1cccc([N+](=O)[O-])c1. The molecule has 1 atom stereocenters. The van der Waals surface area contributed by atoms with Crippen LogP contribution in [0.5, 0.6) is 0 Å². The quantitative estimate of drug-likeness (QED) is 0.644. The van der Waals surface area contributed by atoms with Crippen LogP contribution >= 0.6 is 11.3 Å². The molecule has 1 aromatic carbocycles. The first-order chi connectivity index (χ1) is 11.6. The van der Waals surface area contributed by atoms with Crippen LogP contribution in [0.25, 0.3) is 0 Å². The molecule has 2 aromatic rings. The van der Waals surface area contributed by atoms with Gasteiger partial charge in [0, 0.05) is 24.2 Å². The van der Waals surface area contributed by atoms with Crippen molar-refractivity contribution >= 4 is 22.9 Å². The molecule has 1 unspecified atom stereocenters. The summed E-state index contributed by atoms with van der Waals surface area (Å²) < 4.78 is 0. The van der Waals surface area contributed by atoms with Crippen molar-refractivity contribution in [2.24, 2.45) is 0 Å². The highest BCUT2D eigenvalue weighted by Crippen LogP contribution is 2.26. The molecule has 0 radical (unpaired) electrons. The molecule has 3 rings (SSSR count). The first-order valence-electron chi connectivity index (χ1n) is 7.94. The van der Waals surface area contributed by atoms with Gasteiger partial charge >= 0.3 is 0 Å². The Kier molecular flexibility index (Phi) is 5.22. The van der Waals surface area contributed by atoms with Gasteiger partial charge in [0.1, 0.15) is 0 Å². The van der Waals surface area contributed by atoms with Crippen molar-refractivity contribution in [2.75, 3.05) is 19.6 Å². The molecule has 1 saturated heterocycles. The predicted octanol–water partition coefficient (Wildman–Crippen LogP) is 3.22. The van der Waals surface area contributed by atoms with Gasteiger partial charge in [-0.3, -0.25) is 19.8 Å². The van der Waals surface area contributed by atoms with E-state index in [9.17, 15) is 14.9 Å². The number of hydrogen-bond acceptors (Lipinski definition) is 5. The Morgan fingerprint density at radius 1 is 1.33 bits per heavy atom. The van der Waals surface area contributed by atoms with E-state index in [0.717, 1.165) is 13.1 Å². The fourth-order valence-electron chi connectivity index (χ4n) is 3.03. The van der Waals surface area contributed by atoms with E-state index in [1.54, 1.807) is 17.4 Å². The van der Waals surface area contributed by atoms with E-state index in [1.165, 1.54) is 36.6 Å². The molecule has 2 heterocycles. The van der Waals surface area contributed by atoms with Crippen molar-refractivity contribution in [3.63, 3.8) is 0 Å². The third-order valence-corrected chi connectivity index (χ3v) is 4.99. The number of amides is 1. The van der Waals surface area contributed by atoms with Crippen molar-refractivity contribution in [1.82, 2.24) is 10.2 Å². The first-order valence-corrected chi connectivity index (χ1v) is 8.88. The van der Waals surface area contributed by atoms with Crippen LogP contribution in [0.2, 0.25) is 0 Å². The lowest BCUT2D eigenvalue weighted by Gasteiger charge is -2.27. The normalized spacial score (nSPS) is 16.0. The maximum atomic E-state index is 12.4. The second kappa shape index (κ2) is 7.55. The Balaban J connectivity index is 1.69. The third-order valence-electron chi connectivity index (χ3n) is 4.28. The summed E-state index contributed by atoms with van der Waals surface area (Å²) >= 11 is 1.65. The summed E-state index contributed by atoms with van der Waals surface area (Å²) in [5.41, 5.74) is 1.45. The van der Waals surface area contributed by atoms with E-state index in [0.29, 0.717) is 12.1 Å². The molecule has 0 spiro atoms. The average molecular weight is 345 g/mol. The summed E-state index contributed by atoms with van der Waals surface area (Å²) in [6, 6.07) is 8.07. The number of nitro benzene ring substituents is 1. The lowest BCUT2D eigenvalue weighted by atomic mass is 10.1. The van der Waals surface area contributed by atoms with Gasteiger partial charge in [-0.2, -0.15) is 11.3 Å². The predicted molar refractivity (Wildman–Crippen MR) is 93.3 cm³/mol. The highest BCUT2D eigenvalue weighted by atomic mass is 32.1. The highest BCUT2D eigenvalue weighted by Gasteiger charge is 2.24. The van der Waals surface area contributed by atoms with Gasteiger partial charge in [0.05, 0.1) is 11.0 Å². The van der Waals surface area contributed by atoms with Crippen LogP contribution in [0, 0.1) is 10.1 Å². The minimum Gasteiger partial charge on any atom is -0.350 e.